The zero-order valence-corrected chi connectivity index (χ0v) is 16.7. The maximum Gasteiger partial charge on any atom is 0.224 e. The van der Waals surface area contributed by atoms with Gasteiger partial charge in [-0.3, -0.25) is 5.10 Å². The quantitative estimate of drug-likeness (QED) is 0.452. The minimum atomic E-state index is -3.86. The highest BCUT2D eigenvalue weighted by atomic mass is 32.2. The molecule has 0 saturated carbocycles. The van der Waals surface area contributed by atoms with Crippen LogP contribution >= 0.6 is 0 Å². The molecule has 0 amide bonds. The molecule has 7 nitrogen and oxygen atoms in total. The molecule has 0 radical (unpaired) electrons. The molecule has 4 aromatic rings. The van der Waals surface area contributed by atoms with Gasteiger partial charge in [0.2, 0.25) is 9.84 Å². The second-order valence-electron chi connectivity index (χ2n) is 6.55. The van der Waals surface area contributed by atoms with Gasteiger partial charge in [0, 0.05) is 16.8 Å². The van der Waals surface area contributed by atoms with Crippen molar-refractivity contribution < 1.29 is 17.9 Å². The van der Waals surface area contributed by atoms with E-state index in [1.807, 2.05) is 24.3 Å². The highest BCUT2D eigenvalue weighted by Gasteiger charge is 2.26. The highest BCUT2D eigenvalue weighted by Crippen LogP contribution is 2.36. The van der Waals surface area contributed by atoms with Gasteiger partial charge in [0.15, 0.2) is 10.8 Å². The lowest BCUT2D eigenvalue weighted by molar-refractivity contribution is 0.314. The van der Waals surface area contributed by atoms with E-state index in [-0.39, 0.29) is 9.92 Å². The monoisotopic (exact) mass is 411 g/mol. The number of benzene rings is 3. The van der Waals surface area contributed by atoms with Crippen molar-refractivity contribution in [2.24, 2.45) is 5.73 Å². The zero-order chi connectivity index (χ0) is 20.4. The predicted octanol–water partition coefficient (Wildman–Crippen LogP) is 3.29. The number of H-pyrrole nitrogens is 1. The molecule has 0 unspecified atom stereocenters. The number of rotatable bonds is 7. The van der Waals surface area contributed by atoms with Crippen LogP contribution in [0, 0.1) is 0 Å². The molecule has 0 bridgehead atoms. The zero-order valence-electron chi connectivity index (χ0n) is 15.9. The van der Waals surface area contributed by atoms with Gasteiger partial charge in [-0.05, 0) is 30.5 Å². The molecule has 8 heteroatoms. The van der Waals surface area contributed by atoms with E-state index in [0.717, 1.165) is 5.39 Å². The number of methoxy groups -OCH3 is 1. The number of aromatic amines is 1. The maximum absolute atomic E-state index is 13.5. The van der Waals surface area contributed by atoms with Crippen LogP contribution in [0.15, 0.2) is 64.5 Å². The van der Waals surface area contributed by atoms with Crippen molar-refractivity contribution >= 4 is 31.5 Å². The Morgan fingerprint density at radius 3 is 2.66 bits per heavy atom. The summed E-state index contributed by atoms with van der Waals surface area (Å²) in [6, 6.07) is 15.9. The third-order valence-corrected chi connectivity index (χ3v) is 6.50. The molecular formula is C21H21N3O4S. The topological polar surface area (TPSA) is 107 Å². The Labute approximate surface area is 168 Å². The van der Waals surface area contributed by atoms with Crippen molar-refractivity contribution in [3.63, 3.8) is 0 Å². The standard InChI is InChI=1S/C21H21N3O4S/c1-27-15-12-17-20(18(13-15)28-11-5-10-22)23-24-21(17)29(25,26)19-9-4-7-14-6-2-3-8-16(14)19/h2-4,6-9,12-13H,5,10-11,22H2,1H3,(H,23,24). The third-order valence-electron chi connectivity index (χ3n) is 4.71. The van der Waals surface area contributed by atoms with E-state index in [4.69, 9.17) is 15.2 Å². The minimum Gasteiger partial charge on any atom is -0.497 e. The summed E-state index contributed by atoms with van der Waals surface area (Å²) >= 11 is 0. The van der Waals surface area contributed by atoms with E-state index < -0.39 is 9.84 Å². The number of hydrogen-bond acceptors (Lipinski definition) is 6. The van der Waals surface area contributed by atoms with Gasteiger partial charge in [0.25, 0.3) is 0 Å². The lowest BCUT2D eigenvalue weighted by atomic mass is 10.1. The molecule has 0 spiro atoms. The van der Waals surface area contributed by atoms with Crippen LogP contribution in [-0.4, -0.2) is 38.9 Å². The summed E-state index contributed by atoms with van der Waals surface area (Å²) in [5.74, 6) is 0.930. The predicted molar refractivity (Wildman–Crippen MR) is 111 cm³/mol. The first-order valence-electron chi connectivity index (χ1n) is 9.18. The largest absolute Gasteiger partial charge is 0.497 e. The average Bonchev–Trinajstić information content (AvgIpc) is 3.18. The van der Waals surface area contributed by atoms with Crippen LogP contribution in [0.5, 0.6) is 11.5 Å². The molecule has 29 heavy (non-hydrogen) atoms. The van der Waals surface area contributed by atoms with Gasteiger partial charge < -0.3 is 15.2 Å². The Morgan fingerprint density at radius 1 is 1.07 bits per heavy atom. The number of ether oxygens (including phenoxy) is 2. The number of nitrogens with zero attached hydrogens (tertiary/aromatic N) is 1. The summed E-state index contributed by atoms with van der Waals surface area (Å²) in [6.45, 7) is 0.894. The normalized spacial score (nSPS) is 11.8. The van der Waals surface area contributed by atoms with E-state index in [1.165, 1.54) is 7.11 Å². The lowest BCUT2D eigenvalue weighted by Gasteiger charge is -2.10. The van der Waals surface area contributed by atoms with Crippen LogP contribution in [0.2, 0.25) is 0 Å². The fourth-order valence-corrected chi connectivity index (χ4v) is 4.84. The Bertz CT molecular complexity index is 1280. The first-order valence-corrected chi connectivity index (χ1v) is 10.7. The van der Waals surface area contributed by atoms with E-state index in [2.05, 4.69) is 10.2 Å². The Morgan fingerprint density at radius 2 is 1.86 bits per heavy atom. The molecule has 4 rings (SSSR count). The van der Waals surface area contributed by atoms with E-state index in [9.17, 15) is 8.42 Å². The number of aromatic nitrogens is 2. The molecular weight excluding hydrogens is 390 g/mol. The summed E-state index contributed by atoms with van der Waals surface area (Å²) < 4.78 is 38.2. The molecule has 3 aromatic carbocycles. The minimum absolute atomic E-state index is 0.00595. The molecule has 0 aliphatic carbocycles. The van der Waals surface area contributed by atoms with Gasteiger partial charge in [0.1, 0.15) is 11.3 Å². The van der Waals surface area contributed by atoms with Gasteiger partial charge in [-0.1, -0.05) is 36.4 Å². The van der Waals surface area contributed by atoms with Crippen molar-refractivity contribution in [3.8, 4) is 11.5 Å². The van der Waals surface area contributed by atoms with Crippen LogP contribution in [0.3, 0.4) is 0 Å². The van der Waals surface area contributed by atoms with Crippen molar-refractivity contribution in [2.75, 3.05) is 20.3 Å². The smallest absolute Gasteiger partial charge is 0.224 e. The molecule has 3 N–H and O–H groups in total. The molecule has 0 atom stereocenters. The molecule has 0 aliphatic heterocycles. The summed E-state index contributed by atoms with van der Waals surface area (Å²) in [6.07, 6.45) is 0.671. The van der Waals surface area contributed by atoms with E-state index in [0.29, 0.717) is 47.4 Å². The van der Waals surface area contributed by atoms with Crippen molar-refractivity contribution in [2.45, 2.75) is 16.3 Å². The third kappa shape index (κ3) is 3.41. The first kappa shape index (κ1) is 19.2. The number of sulfone groups is 1. The summed E-state index contributed by atoms with van der Waals surface area (Å²) in [7, 11) is -2.35. The van der Waals surface area contributed by atoms with Gasteiger partial charge in [-0.25, -0.2) is 8.42 Å². The highest BCUT2D eigenvalue weighted by molar-refractivity contribution is 7.91. The van der Waals surface area contributed by atoms with Crippen LogP contribution in [-0.2, 0) is 9.84 Å². The fourth-order valence-electron chi connectivity index (χ4n) is 3.28. The number of nitrogens with two attached hydrogens (primary N) is 1. The first-order chi connectivity index (χ1) is 14.1. The van der Waals surface area contributed by atoms with E-state index in [1.54, 1.807) is 30.3 Å². The Kier molecular flexibility index (Phi) is 5.12. The Balaban J connectivity index is 1.90. The van der Waals surface area contributed by atoms with E-state index >= 15 is 0 Å². The Hall–Kier alpha value is -3.10. The molecule has 0 fully saturated rings. The van der Waals surface area contributed by atoms with Gasteiger partial charge >= 0.3 is 0 Å². The lowest BCUT2D eigenvalue weighted by Crippen LogP contribution is -2.06. The summed E-state index contributed by atoms with van der Waals surface area (Å²) in [5, 5.41) is 8.85. The second-order valence-corrected chi connectivity index (χ2v) is 8.40. The number of nitrogens with one attached hydrogen (secondary N) is 1. The average molecular weight is 411 g/mol. The van der Waals surface area contributed by atoms with Crippen LogP contribution < -0.4 is 15.2 Å². The van der Waals surface area contributed by atoms with Gasteiger partial charge in [-0.15, -0.1) is 0 Å². The van der Waals surface area contributed by atoms with Crippen molar-refractivity contribution in [1.29, 1.82) is 0 Å². The second kappa shape index (κ2) is 7.73. The van der Waals surface area contributed by atoms with Gasteiger partial charge in [0.05, 0.1) is 18.6 Å². The molecule has 1 aromatic heterocycles. The molecule has 0 saturated heterocycles. The van der Waals surface area contributed by atoms with Crippen LogP contribution in [0.1, 0.15) is 6.42 Å². The summed E-state index contributed by atoms with van der Waals surface area (Å²) in [4.78, 5) is 0.217. The molecule has 1 heterocycles. The van der Waals surface area contributed by atoms with Crippen LogP contribution in [0.4, 0.5) is 0 Å². The van der Waals surface area contributed by atoms with Crippen LogP contribution in [0.25, 0.3) is 21.7 Å². The maximum atomic E-state index is 13.5. The van der Waals surface area contributed by atoms with Crippen molar-refractivity contribution in [1.82, 2.24) is 10.2 Å². The molecule has 0 aliphatic rings. The fraction of sp³-hybridized carbons (Fsp3) is 0.190. The SMILES string of the molecule is COc1cc(OCCCN)c2n[nH]c(S(=O)(=O)c3cccc4ccccc34)c2c1. The number of fused-ring (bicyclic) bond motifs is 2. The number of hydrogen-bond donors (Lipinski definition) is 2. The van der Waals surface area contributed by atoms with Crippen molar-refractivity contribution in [3.05, 3.63) is 54.6 Å². The van der Waals surface area contributed by atoms with Gasteiger partial charge in [-0.2, -0.15) is 5.10 Å². The summed E-state index contributed by atoms with van der Waals surface area (Å²) in [5.41, 5.74) is 5.96. The molecule has 150 valence electrons.